The summed E-state index contributed by atoms with van der Waals surface area (Å²) >= 11 is 5.59. The van der Waals surface area contributed by atoms with Crippen molar-refractivity contribution in [2.45, 2.75) is 63.0 Å². The normalized spacial score (nSPS) is 14.8. The monoisotopic (exact) mass is 569 g/mol. The Morgan fingerprint density at radius 3 is 1.92 bits per heavy atom. The molecular weight excluding hydrogens is 533 g/mol. The molecule has 2 radical (unpaired) electrons. The van der Waals surface area contributed by atoms with Gasteiger partial charge in [-0.1, -0.05) is 12.8 Å². The summed E-state index contributed by atoms with van der Waals surface area (Å²) in [4.78, 5) is 82.5. The summed E-state index contributed by atoms with van der Waals surface area (Å²) in [6.45, 7) is -0.530. The first-order chi connectivity index (χ1) is 18.1. The van der Waals surface area contributed by atoms with Gasteiger partial charge in [0.2, 0.25) is 35.4 Å². The summed E-state index contributed by atoms with van der Waals surface area (Å²) in [6.07, 6.45) is 4.99. The van der Waals surface area contributed by atoms with Crippen LogP contribution < -0.4 is 21.3 Å². The minimum absolute atomic E-state index is 0.117. The van der Waals surface area contributed by atoms with E-state index in [-0.39, 0.29) is 61.8 Å². The van der Waals surface area contributed by atoms with Gasteiger partial charge in [-0.3, -0.25) is 33.7 Å². The average molecular weight is 570 g/mol. The molecule has 0 aliphatic carbocycles. The zero-order chi connectivity index (χ0) is 28.3. The van der Waals surface area contributed by atoms with Crippen LogP contribution in [0, 0.1) is 0 Å². The molecule has 1 atom stereocenters. The predicted octanol–water partition coefficient (Wildman–Crippen LogP) is -0.985. The van der Waals surface area contributed by atoms with Crippen molar-refractivity contribution >= 4 is 73.4 Å². The molecule has 0 aromatic heterocycles. The summed E-state index contributed by atoms with van der Waals surface area (Å²) in [5.41, 5.74) is -0.306. The largest absolute Gasteiger partial charge is 0.347 e. The number of imide groups is 1. The van der Waals surface area contributed by atoms with Crippen molar-refractivity contribution in [2.24, 2.45) is 0 Å². The number of thioether (sulfide) groups is 1. The van der Waals surface area contributed by atoms with Crippen LogP contribution in [0.25, 0.3) is 0 Å². The lowest BCUT2D eigenvalue weighted by molar-refractivity contribution is -0.138. The fourth-order valence-electron chi connectivity index (χ4n) is 3.33. The van der Waals surface area contributed by atoms with Gasteiger partial charge in [-0.05, 0) is 37.9 Å². The SMILES string of the molecule is [B]C(=O)CCCCCSCNC(=O)CNC(=O)CNC(=O)CNC(=O)CCCCCN1C(=O)CC(S)C1=O. The Kier molecular flexibility index (Phi) is 17.2. The molecule has 15 heteroatoms. The molecule has 6 amide bonds. The van der Waals surface area contributed by atoms with Crippen molar-refractivity contribution in [1.29, 1.82) is 0 Å². The number of carbonyl (C=O) groups excluding carboxylic acids is 7. The third-order valence-corrected chi connectivity index (χ3v) is 6.76. The lowest BCUT2D eigenvalue weighted by atomic mass is 9.97. The molecule has 1 aliphatic rings. The molecule has 210 valence electrons. The van der Waals surface area contributed by atoms with Crippen molar-refractivity contribution in [3.8, 4) is 0 Å². The number of rotatable bonds is 20. The molecule has 12 nitrogen and oxygen atoms in total. The summed E-state index contributed by atoms with van der Waals surface area (Å²) in [7, 11) is 5.07. The van der Waals surface area contributed by atoms with Gasteiger partial charge in [0.15, 0.2) is 7.85 Å². The molecule has 4 N–H and O–H groups in total. The maximum absolute atomic E-state index is 11.9. The fourth-order valence-corrected chi connectivity index (χ4v) is 4.44. The van der Waals surface area contributed by atoms with Gasteiger partial charge in [0.05, 0.1) is 36.4 Å². The average Bonchev–Trinajstić information content (AvgIpc) is 3.11. The lowest BCUT2D eigenvalue weighted by Crippen LogP contribution is -2.44. The highest BCUT2D eigenvalue weighted by molar-refractivity contribution is 7.99. The van der Waals surface area contributed by atoms with Gasteiger partial charge in [-0.2, -0.15) is 12.6 Å². The fraction of sp³-hybridized carbons (Fsp3) is 0.696. The molecule has 0 spiro atoms. The van der Waals surface area contributed by atoms with Crippen molar-refractivity contribution in [2.75, 3.05) is 37.8 Å². The maximum Gasteiger partial charge on any atom is 0.242 e. The summed E-state index contributed by atoms with van der Waals surface area (Å²) in [5.74, 6) is -1.05. The number of nitrogens with one attached hydrogen (secondary N) is 4. The highest BCUT2D eigenvalue weighted by Crippen LogP contribution is 2.18. The van der Waals surface area contributed by atoms with Gasteiger partial charge >= 0.3 is 0 Å². The number of amides is 6. The topological polar surface area (TPSA) is 171 Å². The van der Waals surface area contributed by atoms with Gasteiger partial charge in [0.25, 0.3) is 0 Å². The molecule has 1 saturated heterocycles. The van der Waals surface area contributed by atoms with Crippen molar-refractivity contribution in [3.63, 3.8) is 0 Å². The first-order valence-corrected chi connectivity index (χ1v) is 14.2. The maximum atomic E-state index is 11.9. The Labute approximate surface area is 233 Å². The third-order valence-electron chi connectivity index (χ3n) is 5.43. The van der Waals surface area contributed by atoms with Gasteiger partial charge in [0, 0.05) is 19.4 Å². The second-order valence-corrected chi connectivity index (χ2v) is 10.4. The van der Waals surface area contributed by atoms with E-state index in [4.69, 9.17) is 7.85 Å². The second kappa shape index (κ2) is 19.5. The molecule has 1 rings (SSSR count). The Balaban J connectivity index is 1.99. The van der Waals surface area contributed by atoms with Crippen LogP contribution in [-0.2, 0) is 33.6 Å². The highest BCUT2D eigenvalue weighted by atomic mass is 32.2. The number of hydrogen-bond donors (Lipinski definition) is 5. The molecule has 1 unspecified atom stereocenters. The Bertz CT molecular complexity index is 862. The predicted molar refractivity (Wildman–Crippen MR) is 146 cm³/mol. The van der Waals surface area contributed by atoms with E-state index in [0.717, 1.165) is 25.0 Å². The van der Waals surface area contributed by atoms with Crippen molar-refractivity contribution < 1.29 is 33.6 Å². The van der Waals surface area contributed by atoms with Crippen LogP contribution in [-0.4, -0.2) is 96.9 Å². The number of likely N-dealkylation sites (tertiary alicyclic amines) is 1. The Hall–Kier alpha value is -2.55. The van der Waals surface area contributed by atoms with Crippen LogP contribution in [0.1, 0.15) is 57.8 Å². The van der Waals surface area contributed by atoms with Crippen LogP contribution in [0.4, 0.5) is 0 Å². The standard InChI is InChI=1S/C23H36BN5O7S2/c24-17(30)7-3-2-6-10-38-15-28-21(34)14-27-20(33)13-26-19(32)12-25-18(31)8-4-1-5-9-29-22(35)11-16(37)23(29)36/h16,37H,1-15H2,(H,25,31)(H,26,32)(H,27,33)(H,28,34). The lowest BCUT2D eigenvalue weighted by Gasteiger charge is -2.13. The highest BCUT2D eigenvalue weighted by Gasteiger charge is 2.35. The molecular formula is C23H36BN5O7S2. The first kappa shape index (κ1) is 33.5. The number of carbonyl (C=O) groups is 7. The van der Waals surface area contributed by atoms with Crippen LogP contribution in [0.2, 0.25) is 0 Å². The molecule has 0 saturated carbocycles. The molecule has 0 aromatic rings. The number of thiol groups is 1. The van der Waals surface area contributed by atoms with Gasteiger partial charge in [-0.15, -0.1) is 11.8 Å². The number of hydrogen-bond acceptors (Lipinski definition) is 9. The minimum Gasteiger partial charge on any atom is -0.347 e. The Morgan fingerprint density at radius 2 is 1.34 bits per heavy atom. The van der Waals surface area contributed by atoms with Crippen LogP contribution >= 0.6 is 24.4 Å². The van der Waals surface area contributed by atoms with Gasteiger partial charge in [0.1, 0.15) is 0 Å². The van der Waals surface area contributed by atoms with E-state index < -0.39 is 17.1 Å². The minimum atomic E-state index is -0.567. The van der Waals surface area contributed by atoms with E-state index in [2.05, 4.69) is 33.9 Å². The molecule has 1 aliphatic heterocycles. The second-order valence-electron chi connectivity index (χ2n) is 8.67. The summed E-state index contributed by atoms with van der Waals surface area (Å²) < 4.78 is 0. The molecule has 0 bridgehead atoms. The Morgan fingerprint density at radius 1 is 0.789 bits per heavy atom. The number of nitrogens with zero attached hydrogens (tertiary/aromatic N) is 1. The number of unbranched alkanes of at least 4 members (excludes halogenated alkanes) is 4. The van der Waals surface area contributed by atoms with Gasteiger partial charge < -0.3 is 26.1 Å². The van der Waals surface area contributed by atoms with E-state index in [1.165, 1.54) is 16.7 Å². The third kappa shape index (κ3) is 15.6. The first-order valence-electron chi connectivity index (χ1n) is 12.5. The summed E-state index contributed by atoms with van der Waals surface area (Å²) in [5, 5.41) is 9.30. The van der Waals surface area contributed by atoms with E-state index in [1.54, 1.807) is 0 Å². The van der Waals surface area contributed by atoms with Crippen molar-refractivity contribution in [1.82, 2.24) is 26.2 Å². The molecule has 38 heavy (non-hydrogen) atoms. The van der Waals surface area contributed by atoms with Crippen LogP contribution in [0.5, 0.6) is 0 Å². The van der Waals surface area contributed by atoms with Gasteiger partial charge in [-0.25, -0.2) is 0 Å². The summed E-state index contributed by atoms with van der Waals surface area (Å²) in [6, 6.07) is 0. The van der Waals surface area contributed by atoms with Crippen molar-refractivity contribution in [3.05, 3.63) is 0 Å². The zero-order valence-electron chi connectivity index (χ0n) is 21.4. The van der Waals surface area contributed by atoms with E-state index >= 15 is 0 Å². The quantitative estimate of drug-likeness (QED) is 0.0409. The molecule has 1 fully saturated rings. The molecule has 1 heterocycles. The van der Waals surface area contributed by atoms with E-state index in [0.29, 0.717) is 38.1 Å². The van der Waals surface area contributed by atoms with Crippen LogP contribution in [0.15, 0.2) is 0 Å². The van der Waals surface area contributed by atoms with E-state index in [9.17, 15) is 33.6 Å². The zero-order valence-corrected chi connectivity index (χ0v) is 23.1. The van der Waals surface area contributed by atoms with E-state index in [1.807, 2.05) is 0 Å². The molecule has 0 aromatic carbocycles. The smallest absolute Gasteiger partial charge is 0.242 e. The van der Waals surface area contributed by atoms with Crippen LogP contribution in [0.3, 0.4) is 0 Å².